The molecule has 0 heterocycles. The lowest BCUT2D eigenvalue weighted by molar-refractivity contribution is -0.130. The van der Waals surface area contributed by atoms with Crippen molar-refractivity contribution in [3.8, 4) is 0 Å². The zero-order valence-electron chi connectivity index (χ0n) is 21.6. The number of nitrogens with two attached hydrogens (primary N) is 4. The number of aliphatic imine (C=N–C) groups is 1. The van der Waals surface area contributed by atoms with Crippen LogP contribution < -0.4 is 33.6 Å². The van der Waals surface area contributed by atoms with E-state index < -0.39 is 35.4 Å². The van der Waals surface area contributed by atoms with Gasteiger partial charge in [0.15, 0.2) is 11.7 Å². The van der Waals surface area contributed by atoms with Gasteiger partial charge in [-0.25, -0.2) is 0 Å². The third-order valence-corrected chi connectivity index (χ3v) is 6.57. The number of benzene rings is 2. The van der Waals surface area contributed by atoms with Gasteiger partial charge in [0.05, 0.1) is 17.5 Å². The summed E-state index contributed by atoms with van der Waals surface area (Å²) in [6.07, 6.45) is 8.40. The summed E-state index contributed by atoms with van der Waals surface area (Å²) in [7, 11) is 0. The number of nitrogens with one attached hydrogen (secondary N) is 2. The Kier molecular flexibility index (Phi) is 9.75. The number of hydrogen-bond donors (Lipinski definition) is 6. The first-order valence-corrected chi connectivity index (χ1v) is 12.7. The summed E-state index contributed by atoms with van der Waals surface area (Å²) in [4.78, 5) is 43.3. The van der Waals surface area contributed by atoms with Gasteiger partial charge in [-0.3, -0.25) is 19.4 Å². The summed E-state index contributed by atoms with van der Waals surface area (Å²) < 4.78 is 0. The standard InChI is InChI=1S/C28H37N7O3/c1-18(29)24(36)28(13-5-2-6-14-28)17-22(30)25(37)35-23(10-7-15-33-27(31)32)26(38)34-21-12-11-19-8-3-4-9-20(19)16-21/h2-6,8-9,11-13,16,18,22-23H,7,10,14-15,17,29-30H2,1H3,(H,34,38)(H,35,37)(H4,31,32,33)/t18-,22-,23-,28?/m0/s1. The summed E-state index contributed by atoms with van der Waals surface area (Å²) in [5.74, 6) is -1.17. The topological polar surface area (TPSA) is 192 Å². The highest BCUT2D eigenvalue weighted by Crippen LogP contribution is 2.35. The molecule has 1 aliphatic carbocycles. The Morgan fingerprint density at radius 2 is 1.76 bits per heavy atom. The van der Waals surface area contributed by atoms with Crippen LogP contribution in [0.2, 0.25) is 0 Å². The van der Waals surface area contributed by atoms with Gasteiger partial charge in [-0.05, 0) is 55.5 Å². The maximum Gasteiger partial charge on any atom is 0.246 e. The van der Waals surface area contributed by atoms with Crippen molar-refractivity contribution in [2.45, 2.75) is 50.7 Å². The molecule has 0 bridgehead atoms. The van der Waals surface area contributed by atoms with Crippen LogP contribution in [0.15, 0.2) is 71.8 Å². The molecule has 2 aromatic rings. The number of allylic oxidation sites excluding steroid dienone is 4. The molecule has 0 aromatic heterocycles. The van der Waals surface area contributed by atoms with E-state index in [9.17, 15) is 14.4 Å². The van der Waals surface area contributed by atoms with Crippen LogP contribution >= 0.6 is 0 Å². The van der Waals surface area contributed by atoms with Gasteiger partial charge in [0, 0.05) is 12.2 Å². The van der Waals surface area contributed by atoms with Crippen molar-refractivity contribution >= 4 is 40.0 Å². The molecule has 0 saturated carbocycles. The average Bonchev–Trinajstić information content (AvgIpc) is 2.89. The minimum atomic E-state index is -1.04. The number of rotatable bonds is 12. The van der Waals surface area contributed by atoms with Gasteiger partial charge >= 0.3 is 0 Å². The maximum absolute atomic E-state index is 13.2. The molecule has 202 valence electrons. The van der Waals surface area contributed by atoms with Crippen LogP contribution in [-0.4, -0.2) is 48.2 Å². The van der Waals surface area contributed by atoms with Crippen LogP contribution in [0.1, 0.15) is 32.6 Å². The number of nitrogens with zero attached hydrogens (tertiary/aromatic N) is 1. The number of anilines is 1. The number of hydrogen-bond acceptors (Lipinski definition) is 6. The first-order valence-electron chi connectivity index (χ1n) is 12.7. The van der Waals surface area contributed by atoms with E-state index in [-0.39, 0.29) is 24.6 Å². The summed E-state index contributed by atoms with van der Waals surface area (Å²) in [6, 6.07) is 10.7. The highest BCUT2D eigenvalue weighted by atomic mass is 16.2. The summed E-state index contributed by atoms with van der Waals surface area (Å²) in [6.45, 7) is 1.92. The fourth-order valence-corrected chi connectivity index (χ4v) is 4.59. The van der Waals surface area contributed by atoms with Gasteiger partial charge in [-0.1, -0.05) is 54.6 Å². The van der Waals surface area contributed by atoms with Crippen LogP contribution in [0, 0.1) is 5.41 Å². The number of fused-ring (bicyclic) bond motifs is 1. The monoisotopic (exact) mass is 519 g/mol. The lowest BCUT2D eigenvalue weighted by Gasteiger charge is -2.33. The predicted molar refractivity (Wildman–Crippen MR) is 151 cm³/mol. The molecule has 10 N–H and O–H groups in total. The lowest BCUT2D eigenvalue weighted by atomic mass is 9.71. The first kappa shape index (κ1) is 28.5. The van der Waals surface area contributed by atoms with E-state index in [0.29, 0.717) is 25.1 Å². The van der Waals surface area contributed by atoms with E-state index in [0.717, 1.165) is 10.8 Å². The molecule has 10 nitrogen and oxygen atoms in total. The van der Waals surface area contributed by atoms with Gasteiger partial charge < -0.3 is 33.6 Å². The molecule has 0 radical (unpaired) electrons. The number of carbonyl (C=O) groups excluding carboxylic acids is 3. The normalized spacial score (nSPS) is 18.8. The van der Waals surface area contributed by atoms with E-state index in [4.69, 9.17) is 22.9 Å². The van der Waals surface area contributed by atoms with Crippen LogP contribution in [0.25, 0.3) is 10.8 Å². The van der Waals surface area contributed by atoms with Gasteiger partial charge in [-0.2, -0.15) is 0 Å². The van der Waals surface area contributed by atoms with Gasteiger partial charge in [0.2, 0.25) is 11.8 Å². The van der Waals surface area contributed by atoms with Gasteiger partial charge in [-0.15, -0.1) is 0 Å². The predicted octanol–water partition coefficient (Wildman–Crippen LogP) is 1.45. The molecule has 3 rings (SSSR count). The largest absolute Gasteiger partial charge is 0.370 e. The minimum absolute atomic E-state index is 0.0492. The zero-order chi connectivity index (χ0) is 27.7. The third kappa shape index (κ3) is 7.50. The molecule has 1 unspecified atom stereocenters. The van der Waals surface area contributed by atoms with Crippen molar-refractivity contribution in [3.63, 3.8) is 0 Å². The zero-order valence-corrected chi connectivity index (χ0v) is 21.6. The summed E-state index contributed by atoms with van der Waals surface area (Å²) in [5.41, 5.74) is 22.6. The molecule has 38 heavy (non-hydrogen) atoms. The molecule has 2 aromatic carbocycles. The lowest BCUT2D eigenvalue weighted by Crippen LogP contribution is -2.53. The third-order valence-electron chi connectivity index (χ3n) is 6.57. The fourth-order valence-electron chi connectivity index (χ4n) is 4.59. The smallest absolute Gasteiger partial charge is 0.246 e. The highest BCUT2D eigenvalue weighted by Gasteiger charge is 2.40. The average molecular weight is 520 g/mol. The second-order valence-corrected chi connectivity index (χ2v) is 9.67. The number of ketones is 1. The van der Waals surface area contributed by atoms with Crippen molar-refractivity contribution in [2.24, 2.45) is 33.3 Å². The van der Waals surface area contributed by atoms with Crippen molar-refractivity contribution in [1.82, 2.24) is 5.32 Å². The fraction of sp³-hybridized carbons (Fsp3) is 0.357. The van der Waals surface area contributed by atoms with E-state index in [1.807, 2.05) is 48.6 Å². The molecule has 0 saturated heterocycles. The van der Waals surface area contributed by atoms with E-state index in [1.165, 1.54) is 0 Å². The second kappa shape index (κ2) is 13.0. The Labute approximate surface area is 222 Å². The molecular weight excluding hydrogens is 482 g/mol. The van der Waals surface area contributed by atoms with Gasteiger partial charge in [0.1, 0.15) is 6.04 Å². The Balaban J connectivity index is 1.73. The Bertz CT molecular complexity index is 1250. The quantitative estimate of drug-likeness (QED) is 0.139. The molecule has 1 aliphatic rings. The number of guanidine groups is 1. The number of amides is 2. The van der Waals surface area contributed by atoms with E-state index >= 15 is 0 Å². The number of carbonyl (C=O) groups is 3. The van der Waals surface area contributed by atoms with E-state index in [2.05, 4.69) is 15.6 Å². The van der Waals surface area contributed by atoms with Crippen LogP contribution in [0.4, 0.5) is 5.69 Å². The van der Waals surface area contributed by atoms with Crippen LogP contribution in [-0.2, 0) is 14.4 Å². The number of Topliss-reactive ketones (excluding diaryl/α,β-unsaturated/α-hetero) is 1. The Hall–Kier alpha value is -4.02. The van der Waals surface area contributed by atoms with Crippen LogP contribution in [0.3, 0.4) is 0 Å². The van der Waals surface area contributed by atoms with Gasteiger partial charge in [0.25, 0.3) is 0 Å². The first-order chi connectivity index (χ1) is 18.1. The molecule has 2 amide bonds. The second-order valence-electron chi connectivity index (χ2n) is 9.67. The Morgan fingerprint density at radius 3 is 2.42 bits per heavy atom. The SMILES string of the molecule is C[C@H](N)C(=O)C1(C[C@H](N)C(=O)N[C@@H](CCCN=C(N)N)C(=O)Nc2ccc3ccccc3c2)C=CC=CC1. The van der Waals surface area contributed by atoms with E-state index in [1.54, 1.807) is 25.1 Å². The summed E-state index contributed by atoms with van der Waals surface area (Å²) in [5, 5.41) is 7.66. The van der Waals surface area contributed by atoms with Crippen molar-refractivity contribution in [1.29, 1.82) is 0 Å². The molecular formula is C28H37N7O3. The maximum atomic E-state index is 13.2. The van der Waals surface area contributed by atoms with Crippen molar-refractivity contribution in [3.05, 3.63) is 66.8 Å². The summed E-state index contributed by atoms with van der Waals surface area (Å²) >= 11 is 0. The molecule has 0 spiro atoms. The molecule has 10 heteroatoms. The van der Waals surface area contributed by atoms with Crippen molar-refractivity contribution < 1.29 is 14.4 Å². The van der Waals surface area contributed by atoms with Crippen molar-refractivity contribution in [2.75, 3.05) is 11.9 Å². The molecule has 0 fully saturated rings. The van der Waals surface area contributed by atoms with Crippen LogP contribution in [0.5, 0.6) is 0 Å². The molecule has 4 atom stereocenters. The minimum Gasteiger partial charge on any atom is -0.370 e. The Morgan fingerprint density at radius 1 is 1.03 bits per heavy atom. The highest BCUT2D eigenvalue weighted by molar-refractivity contribution is 5.99. The molecule has 0 aliphatic heterocycles.